The van der Waals surface area contributed by atoms with Gasteiger partial charge in [-0.25, -0.2) is 9.59 Å². The van der Waals surface area contributed by atoms with E-state index in [0.717, 1.165) is 67.6 Å². The number of esters is 2. The molecule has 9 heteroatoms. The van der Waals surface area contributed by atoms with Crippen LogP contribution in [0.3, 0.4) is 0 Å². The van der Waals surface area contributed by atoms with E-state index >= 15 is 0 Å². The number of piperidine rings is 1. The van der Waals surface area contributed by atoms with E-state index in [0.29, 0.717) is 50.6 Å². The van der Waals surface area contributed by atoms with Gasteiger partial charge in [0.05, 0.1) is 32.0 Å². The lowest BCUT2D eigenvalue weighted by Gasteiger charge is -2.39. The van der Waals surface area contributed by atoms with Crippen molar-refractivity contribution in [1.29, 1.82) is 0 Å². The van der Waals surface area contributed by atoms with E-state index in [9.17, 15) is 9.59 Å². The first kappa shape index (κ1) is 37.0. The van der Waals surface area contributed by atoms with Crippen LogP contribution in [0.2, 0.25) is 0 Å². The number of hydrogen-bond donors (Lipinski definition) is 0. The quantitative estimate of drug-likeness (QED) is 0.161. The van der Waals surface area contributed by atoms with Gasteiger partial charge in [0, 0.05) is 19.6 Å². The van der Waals surface area contributed by atoms with E-state index < -0.39 is 11.2 Å². The predicted octanol–water partition coefficient (Wildman–Crippen LogP) is 6.63. The molecule has 3 aliphatic rings. The normalized spacial score (nSPS) is 22.1. The summed E-state index contributed by atoms with van der Waals surface area (Å²) in [7, 11) is 0. The minimum Gasteiger partial charge on any atom is -0.488 e. The van der Waals surface area contributed by atoms with Gasteiger partial charge in [-0.15, -0.1) is 0 Å². The standard InChI is InChI=1S/C40H55NO8/c1-28-24-29(2)35(30(3)25-28)36-37(46-26-31-10-8-7-9-11-31)40(49-38(36)43)16-12-32(13-17-40)47-33-14-18-41(19-15-33)20-21-44-22-23-45-27-34(42)48-39(4,5)6/h7-11,24-25,32-33H,12-23,26-27H2,1-6H3. The van der Waals surface area contributed by atoms with Gasteiger partial charge in [0.2, 0.25) is 0 Å². The van der Waals surface area contributed by atoms with Gasteiger partial charge >= 0.3 is 11.9 Å². The Bertz CT molecular complexity index is 1420. The Labute approximate surface area is 292 Å². The molecule has 2 aromatic carbocycles. The SMILES string of the molecule is Cc1cc(C)c(C2=C(OCc3ccccc3)C3(CCC(OC4CCN(CCOCCOCC(=O)OC(C)(C)C)CC4)CC3)OC2=O)c(C)c1. The molecule has 268 valence electrons. The van der Waals surface area contributed by atoms with E-state index in [-0.39, 0.29) is 30.8 Å². The van der Waals surface area contributed by atoms with E-state index in [1.807, 2.05) is 51.1 Å². The average molecular weight is 678 g/mol. The van der Waals surface area contributed by atoms with Crippen LogP contribution in [0.15, 0.2) is 48.2 Å². The zero-order chi connectivity index (χ0) is 35.0. The molecule has 2 aliphatic heterocycles. The van der Waals surface area contributed by atoms with E-state index in [1.165, 1.54) is 5.56 Å². The van der Waals surface area contributed by atoms with Crippen molar-refractivity contribution in [3.05, 3.63) is 76.0 Å². The summed E-state index contributed by atoms with van der Waals surface area (Å²) in [5.74, 6) is 0.0290. The minimum atomic E-state index is -0.769. The van der Waals surface area contributed by atoms with Crippen molar-refractivity contribution in [3.8, 4) is 0 Å². The van der Waals surface area contributed by atoms with Gasteiger partial charge in [-0.1, -0.05) is 48.0 Å². The van der Waals surface area contributed by atoms with Crippen LogP contribution in [-0.4, -0.2) is 86.3 Å². The summed E-state index contributed by atoms with van der Waals surface area (Å²) in [6.07, 6.45) is 5.31. The van der Waals surface area contributed by atoms with Crippen molar-refractivity contribution in [3.63, 3.8) is 0 Å². The maximum atomic E-state index is 13.7. The molecule has 1 aliphatic carbocycles. The number of carbonyl (C=O) groups excluding carboxylic acids is 2. The zero-order valence-corrected chi connectivity index (χ0v) is 30.3. The number of rotatable bonds is 14. The Kier molecular flexibility index (Phi) is 12.6. The fourth-order valence-corrected chi connectivity index (χ4v) is 7.32. The molecular weight excluding hydrogens is 622 g/mol. The van der Waals surface area contributed by atoms with Crippen LogP contribution in [0.1, 0.15) is 87.1 Å². The van der Waals surface area contributed by atoms with Crippen molar-refractivity contribution in [2.45, 2.75) is 110 Å². The molecule has 9 nitrogen and oxygen atoms in total. The van der Waals surface area contributed by atoms with Gasteiger partial charge in [-0.3, -0.25) is 0 Å². The number of aryl methyl sites for hydroxylation is 3. The number of benzene rings is 2. The highest BCUT2D eigenvalue weighted by Crippen LogP contribution is 2.49. The Morgan fingerprint density at radius 2 is 1.53 bits per heavy atom. The monoisotopic (exact) mass is 677 g/mol. The molecule has 0 radical (unpaired) electrons. The van der Waals surface area contributed by atoms with E-state index in [4.69, 9.17) is 28.4 Å². The van der Waals surface area contributed by atoms with Crippen molar-refractivity contribution in [2.24, 2.45) is 0 Å². The van der Waals surface area contributed by atoms with Crippen LogP contribution in [-0.2, 0) is 44.6 Å². The van der Waals surface area contributed by atoms with Gasteiger partial charge < -0.3 is 33.3 Å². The van der Waals surface area contributed by atoms with E-state index in [1.54, 1.807) is 0 Å². The second-order valence-electron chi connectivity index (χ2n) is 14.8. The minimum absolute atomic E-state index is 0.0605. The highest BCUT2D eigenvalue weighted by atomic mass is 16.6. The lowest BCUT2D eigenvalue weighted by molar-refractivity contribution is -0.160. The molecule has 5 rings (SSSR count). The molecule has 0 bridgehead atoms. The summed E-state index contributed by atoms with van der Waals surface area (Å²) < 4.78 is 35.9. The number of likely N-dealkylation sites (tertiary alicyclic amines) is 1. The third kappa shape index (κ3) is 10.2. The van der Waals surface area contributed by atoms with Gasteiger partial charge in [0.15, 0.2) is 11.4 Å². The number of ether oxygens (including phenoxy) is 6. The third-order valence-electron chi connectivity index (χ3n) is 9.51. The molecule has 0 aromatic heterocycles. The van der Waals surface area contributed by atoms with Crippen molar-refractivity contribution >= 4 is 17.5 Å². The molecule has 0 unspecified atom stereocenters. The second-order valence-corrected chi connectivity index (χ2v) is 14.8. The molecule has 49 heavy (non-hydrogen) atoms. The number of hydrogen-bond acceptors (Lipinski definition) is 9. The molecule has 1 spiro atoms. The van der Waals surface area contributed by atoms with Crippen molar-refractivity contribution in [1.82, 2.24) is 4.90 Å². The number of nitrogens with zero attached hydrogens (tertiary/aromatic N) is 1. The molecule has 2 aromatic rings. The average Bonchev–Trinajstić information content (AvgIpc) is 3.30. The van der Waals surface area contributed by atoms with E-state index in [2.05, 4.69) is 37.8 Å². The molecule has 0 amide bonds. The summed E-state index contributed by atoms with van der Waals surface area (Å²) in [5, 5.41) is 0. The summed E-state index contributed by atoms with van der Waals surface area (Å²) in [5.41, 5.74) is 4.57. The fraction of sp³-hybridized carbons (Fsp3) is 0.600. The second kappa shape index (κ2) is 16.6. The predicted molar refractivity (Wildman–Crippen MR) is 188 cm³/mol. The molecule has 2 heterocycles. The largest absolute Gasteiger partial charge is 0.488 e. The summed E-state index contributed by atoms with van der Waals surface area (Å²) in [6, 6.07) is 14.3. The summed E-state index contributed by atoms with van der Waals surface area (Å²) in [4.78, 5) is 27.8. The molecule has 1 saturated carbocycles. The Hall–Kier alpha value is -3.24. The topological polar surface area (TPSA) is 92.8 Å². The van der Waals surface area contributed by atoms with Gasteiger partial charge in [-0.2, -0.15) is 0 Å². The third-order valence-corrected chi connectivity index (χ3v) is 9.51. The first-order chi connectivity index (χ1) is 23.4. The lowest BCUT2D eigenvalue weighted by Crippen LogP contribution is -2.43. The van der Waals surface area contributed by atoms with Crippen LogP contribution in [0.4, 0.5) is 0 Å². The summed E-state index contributed by atoms with van der Waals surface area (Å²) in [6.45, 7) is 16.3. The lowest BCUT2D eigenvalue weighted by atomic mass is 9.80. The molecule has 0 N–H and O–H groups in total. The zero-order valence-electron chi connectivity index (χ0n) is 30.3. The molecular formula is C40H55NO8. The molecule has 0 atom stereocenters. The van der Waals surface area contributed by atoms with Crippen LogP contribution in [0.5, 0.6) is 0 Å². The van der Waals surface area contributed by atoms with Crippen LogP contribution < -0.4 is 0 Å². The van der Waals surface area contributed by atoms with Crippen LogP contribution >= 0.6 is 0 Å². The highest BCUT2D eigenvalue weighted by molar-refractivity contribution is 6.20. The Morgan fingerprint density at radius 3 is 2.18 bits per heavy atom. The van der Waals surface area contributed by atoms with Crippen LogP contribution in [0, 0.1) is 20.8 Å². The highest BCUT2D eigenvalue weighted by Gasteiger charge is 2.52. The summed E-state index contributed by atoms with van der Waals surface area (Å²) >= 11 is 0. The Morgan fingerprint density at radius 1 is 0.898 bits per heavy atom. The maximum Gasteiger partial charge on any atom is 0.343 e. The molecule has 2 fully saturated rings. The molecule has 1 saturated heterocycles. The van der Waals surface area contributed by atoms with Crippen molar-refractivity contribution < 1.29 is 38.0 Å². The first-order valence-electron chi connectivity index (χ1n) is 17.9. The number of carbonyl (C=O) groups is 2. The van der Waals surface area contributed by atoms with Gasteiger partial charge in [0.25, 0.3) is 0 Å². The maximum absolute atomic E-state index is 13.7. The van der Waals surface area contributed by atoms with Gasteiger partial charge in [0.1, 0.15) is 24.4 Å². The van der Waals surface area contributed by atoms with Crippen molar-refractivity contribution in [2.75, 3.05) is 46.1 Å². The fourth-order valence-electron chi connectivity index (χ4n) is 7.32. The first-order valence-corrected chi connectivity index (χ1v) is 17.9. The van der Waals surface area contributed by atoms with Gasteiger partial charge in [-0.05, 0) is 102 Å². The smallest absolute Gasteiger partial charge is 0.343 e. The van der Waals surface area contributed by atoms with Crippen LogP contribution in [0.25, 0.3) is 5.57 Å². The Balaban J connectivity index is 1.09.